The topological polar surface area (TPSA) is 62.5 Å². The second-order valence-electron chi connectivity index (χ2n) is 3.52. The first-order valence-corrected chi connectivity index (χ1v) is 4.92. The SMILES string of the molecule is O=c1ccc(B(O)O)cn1-c1ccc(F)cc1. The maximum absolute atomic E-state index is 12.7. The van der Waals surface area contributed by atoms with Crippen molar-refractivity contribution in [3.8, 4) is 5.69 Å². The highest BCUT2D eigenvalue weighted by atomic mass is 19.1. The second kappa shape index (κ2) is 4.53. The van der Waals surface area contributed by atoms with Gasteiger partial charge in [0.2, 0.25) is 0 Å². The number of rotatable bonds is 2. The Hall–Kier alpha value is -1.92. The summed E-state index contributed by atoms with van der Waals surface area (Å²) in [5.41, 5.74) is 0.314. The zero-order valence-corrected chi connectivity index (χ0v) is 8.75. The standard InChI is InChI=1S/C11H9BFNO3/c13-9-2-4-10(5-3-9)14-7-8(12(16)17)1-6-11(14)15/h1-7,16-17H. The molecule has 0 saturated carbocycles. The molecule has 0 aliphatic heterocycles. The predicted octanol–water partition coefficient (Wildman–Crippen LogP) is -0.344. The van der Waals surface area contributed by atoms with Crippen molar-refractivity contribution in [2.24, 2.45) is 0 Å². The average Bonchev–Trinajstić information content (AvgIpc) is 2.31. The Morgan fingerprint density at radius 2 is 1.71 bits per heavy atom. The van der Waals surface area contributed by atoms with Crippen LogP contribution in [0.4, 0.5) is 4.39 Å². The number of halogens is 1. The van der Waals surface area contributed by atoms with Gasteiger partial charge >= 0.3 is 7.12 Å². The van der Waals surface area contributed by atoms with E-state index in [2.05, 4.69) is 0 Å². The number of aromatic nitrogens is 1. The van der Waals surface area contributed by atoms with Crippen LogP contribution in [0.2, 0.25) is 0 Å². The third-order valence-electron chi connectivity index (χ3n) is 2.34. The molecule has 2 aromatic rings. The lowest BCUT2D eigenvalue weighted by atomic mass is 9.82. The first-order chi connectivity index (χ1) is 8.08. The molecule has 17 heavy (non-hydrogen) atoms. The summed E-state index contributed by atoms with van der Waals surface area (Å²) >= 11 is 0. The van der Waals surface area contributed by atoms with Gasteiger partial charge in [0.25, 0.3) is 5.56 Å². The zero-order valence-electron chi connectivity index (χ0n) is 8.75. The van der Waals surface area contributed by atoms with Crippen molar-refractivity contribution in [2.45, 2.75) is 0 Å². The highest BCUT2D eigenvalue weighted by molar-refractivity contribution is 6.58. The number of pyridine rings is 1. The van der Waals surface area contributed by atoms with Gasteiger partial charge in [0, 0.05) is 18.0 Å². The van der Waals surface area contributed by atoms with Gasteiger partial charge in [-0.25, -0.2) is 4.39 Å². The van der Waals surface area contributed by atoms with Crippen LogP contribution < -0.4 is 11.0 Å². The molecule has 1 heterocycles. The molecule has 0 fully saturated rings. The molecule has 1 aromatic heterocycles. The average molecular weight is 233 g/mol. The van der Waals surface area contributed by atoms with E-state index in [0.717, 1.165) is 0 Å². The molecule has 1 aromatic carbocycles. The highest BCUT2D eigenvalue weighted by Crippen LogP contribution is 2.05. The Labute approximate surface area is 96.7 Å². The van der Waals surface area contributed by atoms with Crippen molar-refractivity contribution in [3.05, 3.63) is 58.8 Å². The van der Waals surface area contributed by atoms with Crippen molar-refractivity contribution >= 4 is 12.6 Å². The largest absolute Gasteiger partial charge is 0.489 e. The van der Waals surface area contributed by atoms with Crippen LogP contribution in [0, 0.1) is 5.82 Å². The molecule has 0 amide bonds. The summed E-state index contributed by atoms with van der Waals surface area (Å²) in [6, 6.07) is 7.87. The van der Waals surface area contributed by atoms with Gasteiger partial charge in [0.05, 0.1) is 0 Å². The molecular weight excluding hydrogens is 224 g/mol. The minimum atomic E-state index is -1.65. The molecule has 0 unspecified atom stereocenters. The minimum absolute atomic E-state index is 0.189. The highest BCUT2D eigenvalue weighted by Gasteiger charge is 2.12. The smallest absolute Gasteiger partial charge is 0.423 e. The van der Waals surface area contributed by atoms with Crippen LogP contribution in [-0.4, -0.2) is 21.7 Å². The molecule has 0 aliphatic carbocycles. The third kappa shape index (κ3) is 2.43. The number of hydrogen-bond acceptors (Lipinski definition) is 3. The Kier molecular flexibility index (Phi) is 3.08. The molecule has 0 saturated heterocycles. The van der Waals surface area contributed by atoms with Gasteiger partial charge in [-0.2, -0.15) is 0 Å². The van der Waals surface area contributed by atoms with E-state index < -0.39 is 12.9 Å². The number of nitrogens with zero attached hydrogens (tertiary/aromatic N) is 1. The van der Waals surface area contributed by atoms with Crippen molar-refractivity contribution in [1.82, 2.24) is 4.57 Å². The summed E-state index contributed by atoms with van der Waals surface area (Å²) in [5.74, 6) is -0.403. The van der Waals surface area contributed by atoms with Crippen molar-refractivity contribution in [1.29, 1.82) is 0 Å². The molecule has 2 rings (SSSR count). The second-order valence-corrected chi connectivity index (χ2v) is 3.52. The van der Waals surface area contributed by atoms with E-state index >= 15 is 0 Å². The molecule has 0 atom stereocenters. The van der Waals surface area contributed by atoms with Crippen LogP contribution in [0.25, 0.3) is 5.69 Å². The van der Waals surface area contributed by atoms with Crippen molar-refractivity contribution < 1.29 is 14.4 Å². The van der Waals surface area contributed by atoms with E-state index in [4.69, 9.17) is 10.0 Å². The first kappa shape index (κ1) is 11.6. The fraction of sp³-hybridized carbons (Fsp3) is 0. The van der Waals surface area contributed by atoms with Crippen LogP contribution in [0.15, 0.2) is 47.4 Å². The fourth-order valence-electron chi connectivity index (χ4n) is 1.46. The zero-order chi connectivity index (χ0) is 12.4. The lowest BCUT2D eigenvalue weighted by Gasteiger charge is -2.07. The molecule has 0 radical (unpaired) electrons. The summed E-state index contributed by atoms with van der Waals surface area (Å²) < 4.78 is 14.0. The van der Waals surface area contributed by atoms with E-state index in [0.29, 0.717) is 5.69 Å². The number of benzene rings is 1. The summed E-state index contributed by atoms with van der Waals surface area (Å²) in [6.45, 7) is 0. The van der Waals surface area contributed by atoms with Gasteiger partial charge < -0.3 is 10.0 Å². The first-order valence-electron chi connectivity index (χ1n) is 4.92. The number of hydrogen-bond donors (Lipinski definition) is 2. The van der Waals surface area contributed by atoms with Gasteiger partial charge in [-0.15, -0.1) is 0 Å². The van der Waals surface area contributed by atoms with E-state index in [-0.39, 0.29) is 11.0 Å². The Bertz CT molecular complexity index is 580. The Morgan fingerprint density at radius 3 is 2.29 bits per heavy atom. The van der Waals surface area contributed by atoms with E-state index in [9.17, 15) is 9.18 Å². The lowest BCUT2D eigenvalue weighted by Crippen LogP contribution is -2.34. The van der Waals surface area contributed by atoms with Crippen LogP contribution in [-0.2, 0) is 0 Å². The van der Waals surface area contributed by atoms with E-state index in [1.54, 1.807) is 0 Å². The molecule has 4 nitrogen and oxygen atoms in total. The molecule has 0 spiro atoms. The minimum Gasteiger partial charge on any atom is -0.423 e. The van der Waals surface area contributed by atoms with Gasteiger partial charge in [0.15, 0.2) is 0 Å². The van der Waals surface area contributed by atoms with E-state index in [1.165, 1.54) is 47.2 Å². The quantitative estimate of drug-likeness (QED) is 0.697. The summed E-state index contributed by atoms with van der Waals surface area (Å²) in [5, 5.41) is 18.0. The summed E-state index contributed by atoms with van der Waals surface area (Å²) in [6.07, 6.45) is 1.31. The maximum atomic E-state index is 12.7. The summed E-state index contributed by atoms with van der Waals surface area (Å²) in [7, 11) is -1.65. The Balaban J connectivity index is 2.54. The third-order valence-corrected chi connectivity index (χ3v) is 2.34. The monoisotopic (exact) mass is 233 g/mol. The molecule has 0 aliphatic rings. The fourth-order valence-corrected chi connectivity index (χ4v) is 1.46. The lowest BCUT2D eigenvalue weighted by molar-refractivity contribution is 0.425. The van der Waals surface area contributed by atoms with Crippen molar-refractivity contribution in [2.75, 3.05) is 0 Å². The van der Waals surface area contributed by atoms with Crippen LogP contribution in [0.5, 0.6) is 0 Å². The van der Waals surface area contributed by atoms with Gasteiger partial charge in [-0.05, 0) is 29.7 Å². The van der Waals surface area contributed by atoms with Crippen LogP contribution >= 0.6 is 0 Å². The molecular formula is C11H9BFNO3. The molecule has 0 bridgehead atoms. The van der Waals surface area contributed by atoms with Gasteiger partial charge in [-0.3, -0.25) is 9.36 Å². The van der Waals surface area contributed by atoms with E-state index in [1.807, 2.05) is 0 Å². The van der Waals surface area contributed by atoms with Crippen molar-refractivity contribution in [3.63, 3.8) is 0 Å². The Morgan fingerprint density at radius 1 is 1.06 bits per heavy atom. The molecule has 2 N–H and O–H groups in total. The molecule has 86 valence electrons. The van der Waals surface area contributed by atoms with Crippen LogP contribution in [0.1, 0.15) is 0 Å². The van der Waals surface area contributed by atoms with Gasteiger partial charge in [-0.1, -0.05) is 6.07 Å². The van der Waals surface area contributed by atoms with Gasteiger partial charge in [0.1, 0.15) is 5.82 Å². The summed E-state index contributed by atoms with van der Waals surface area (Å²) in [4.78, 5) is 11.6. The predicted molar refractivity (Wildman–Crippen MR) is 61.8 cm³/mol. The maximum Gasteiger partial charge on any atom is 0.489 e. The molecule has 6 heteroatoms. The van der Waals surface area contributed by atoms with Crippen LogP contribution in [0.3, 0.4) is 0 Å². The normalized spacial score (nSPS) is 10.3.